The maximum absolute atomic E-state index is 7.32. The number of ether oxygens (including phenoxy) is 1. The van der Waals surface area contributed by atoms with Crippen molar-refractivity contribution >= 4 is 65.6 Å². The molecule has 0 atom stereocenters. The van der Waals surface area contributed by atoms with Crippen LogP contribution in [0.3, 0.4) is 0 Å². The van der Waals surface area contributed by atoms with Gasteiger partial charge < -0.3 is 9.30 Å². The van der Waals surface area contributed by atoms with Crippen molar-refractivity contribution in [3.8, 4) is 17.2 Å². The third-order valence-corrected chi connectivity index (χ3v) is 15.8. The number of benzene rings is 4. The van der Waals surface area contributed by atoms with Crippen molar-refractivity contribution in [2.45, 2.75) is 155 Å². The van der Waals surface area contributed by atoms with Gasteiger partial charge in [-0.2, -0.15) is 0 Å². The molecule has 6 aromatic rings. The van der Waals surface area contributed by atoms with E-state index in [0.717, 1.165) is 11.5 Å². The van der Waals surface area contributed by atoms with Gasteiger partial charge in [0, 0.05) is 36.8 Å². The van der Waals surface area contributed by atoms with Gasteiger partial charge in [-0.3, -0.25) is 0 Å². The summed E-state index contributed by atoms with van der Waals surface area (Å²) < 4.78 is 12.7. The molecule has 0 saturated carbocycles. The summed E-state index contributed by atoms with van der Waals surface area (Å²) in [5.41, 5.74) is 16.2. The van der Waals surface area contributed by atoms with Gasteiger partial charge in [-0.1, -0.05) is 115 Å². The average Bonchev–Trinajstić information content (AvgIpc) is 3.62. The topological polar surface area (TPSA) is 14.2 Å². The van der Waals surface area contributed by atoms with Crippen molar-refractivity contribution < 1.29 is 4.74 Å². The van der Waals surface area contributed by atoms with Gasteiger partial charge in [-0.05, 0) is 133 Å². The molecule has 0 spiro atoms. The Bertz CT molecular complexity index is 2660. The summed E-state index contributed by atoms with van der Waals surface area (Å²) >= 11 is 1.96. The van der Waals surface area contributed by atoms with Gasteiger partial charge >= 0.3 is 0 Å². The molecule has 2 aliphatic heterocycles. The van der Waals surface area contributed by atoms with Crippen LogP contribution in [0.5, 0.6) is 11.5 Å². The zero-order valence-corrected chi connectivity index (χ0v) is 36.1. The molecule has 0 N–H and O–H groups in total. The Morgan fingerprint density at radius 3 is 1.91 bits per heavy atom. The summed E-state index contributed by atoms with van der Waals surface area (Å²) in [7, 11) is 0. The van der Waals surface area contributed by atoms with Crippen LogP contribution in [0, 0.1) is 0 Å². The summed E-state index contributed by atoms with van der Waals surface area (Å²) in [6, 6.07) is 19.8. The predicted octanol–water partition coefficient (Wildman–Crippen LogP) is 12.2. The van der Waals surface area contributed by atoms with Crippen LogP contribution in [0.4, 0.5) is 0 Å². The molecule has 0 radical (unpaired) electrons. The van der Waals surface area contributed by atoms with Gasteiger partial charge in [-0.25, -0.2) is 0 Å². The molecule has 0 unspecified atom stereocenters. The molecular weight excluding hydrogens is 673 g/mol. The maximum atomic E-state index is 7.32. The smallest absolute Gasteiger partial charge is 0.268 e. The van der Waals surface area contributed by atoms with Crippen LogP contribution in [0.1, 0.15) is 156 Å². The van der Waals surface area contributed by atoms with Crippen molar-refractivity contribution in [2.75, 3.05) is 0 Å². The minimum Gasteiger partial charge on any atom is -0.457 e. The van der Waals surface area contributed by atoms with E-state index in [1.165, 1.54) is 90.1 Å². The fourth-order valence-corrected chi connectivity index (χ4v) is 12.3. The molecule has 0 fully saturated rings. The van der Waals surface area contributed by atoms with E-state index >= 15 is 0 Å². The van der Waals surface area contributed by atoms with Crippen LogP contribution in [0.15, 0.2) is 48.5 Å². The van der Waals surface area contributed by atoms with Crippen LogP contribution in [-0.4, -0.2) is 11.3 Å². The Morgan fingerprint density at radius 2 is 1.26 bits per heavy atom. The Kier molecular flexibility index (Phi) is 6.65. The second-order valence-corrected chi connectivity index (χ2v) is 23.4. The Hall–Kier alpha value is -3.50. The monoisotopic (exact) mass is 731 g/mol. The van der Waals surface area contributed by atoms with Crippen LogP contribution in [0.2, 0.25) is 0 Å². The first-order valence-corrected chi connectivity index (χ1v) is 21.5. The van der Waals surface area contributed by atoms with E-state index in [9.17, 15) is 0 Å². The Labute approximate surface area is 327 Å². The highest BCUT2D eigenvalue weighted by atomic mass is 32.1. The second kappa shape index (κ2) is 10.3. The van der Waals surface area contributed by atoms with Gasteiger partial charge in [0.25, 0.3) is 6.71 Å². The van der Waals surface area contributed by atoms with Crippen molar-refractivity contribution in [3.63, 3.8) is 0 Å². The Balaban J connectivity index is 1.45. The standard InChI is InChI=1S/C50H58BNOS/c1-45(2,3)27-15-18-36-29(23-27)43-44(54-36)51-32-26-31-40(50(13,14)22-20-48(31,9)10)38-37-33(17-16-30-39(37)49(11,12)21-19-47(30,7)8)52(42(32)38)34-24-28(46(4,5)6)25-35(53-43)41(34)51/h15-18,23-26H,19-22H2,1-14H3. The van der Waals surface area contributed by atoms with Crippen LogP contribution < -0.4 is 20.4 Å². The minimum absolute atomic E-state index is 0.0455. The molecule has 4 heterocycles. The summed E-state index contributed by atoms with van der Waals surface area (Å²) in [5, 5.41) is 4.32. The number of fused-ring (bicyclic) bond motifs is 13. The lowest BCUT2D eigenvalue weighted by atomic mass is 9.36. The Morgan fingerprint density at radius 1 is 0.648 bits per heavy atom. The molecule has 4 aliphatic rings. The normalized spacial score (nSPS) is 20.1. The first-order chi connectivity index (χ1) is 25.0. The van der Waals surface area contributed by atoms with Crippen molar-refractivity contribution in [1.82, 2.24) is 4.57 Å². The van der Waals surface area contributed by atoms with Crippen molar-refractivity contribution in [2.24, 2.45) is 0 Å². The van der Waals surface area contributed by atoms with Gasteiger partial charge in [0.05, 0.1) is 5.52 Å². The SMILES string of the molecule is CC(C)(C)c1cc2c3c(c1)-n1c4ccc5c(c4c4c6c(cc(c41)B3c1sc3ccc(C(C)(C)C)cc3c1O2)C(C)(C)CCC6(C)C)C(C)(C)CCC5(C)C. The maximum Gasteiger partial charge on any atom is 0.268 e. The third kappa shape index (κ3) is 4.47. The molecule has 10 rings (SSSR count). The van der Waals surface area contributed by atoms with Gasteiger partial charge in [0.2, 0.25) is 0 Å². The number of hydrogen-bond acceptors (Lipinski definition) is 2. The number of nitrogens with zero attached hydrogens (tertiary/aromatic N) is 1. The van der Waals surface area contributed by atoms with E-state index in [0.29, 0.717) is 0 Å². The van der Waals surface area contributed by atoms with Crippen LogP contribution >= 0.6 is 11.3 Å². The third-order valence-electron chi connectivity index (χ3n) is 14.6. The molecule has 278 valence electrons. The highest BCUT2D eigenvalue weighted by Gasteiger charge is 2.49. The van der Waals surface area contributed by atoms with E-state index in [2.05, 4.69) is 150 Å². The van der Waals surface area contributed by atoms with Crippen molar-refractivity contribution in [1.29, 1.82) is 0 Å². The number of rotatable bonds is 0. The first kappa shape index (κ1) is 35.0. The molecule has 54 heavy (non-hydrogen) atoms. The summed E-state index contributed by atoms with van der Waals surface area (Å²) in [4.78, 5) is 0. The van der Waals surface area contributed by atoms with Crippen LogP contribution in [-0.2, 0) is 32.5 Å². The first-order valence-electron chi connectivity index (χ1n) is 20.6. The fraction of sp³-hybridized carbons (Fsp3) is 0.480. The van der Waals surface area contributed by atoms with Gasteiger partial charge in [-0.15, -0.1) is 11.3 Å². The molecule has 2 aromatic heterocycles. The zero-order valence-electron chi connectivity index (χ0n) is 35.3. The largest absolute Gasteiger partial charge is 0.457 e. The lowest BCUT2D eigenvalue weighted by Crippen LogP contribution is -2.58. The highest BCUT2D eigenvalue weighted by molar-refractivity contribution is 7.33. The predicted molar refractivity (Wildman–Crippen MR) is 235 cm³/mol. The van der Waals surface area contributed by atoms with E-state index in [1.54, 1.807) is 22.3 Å². The van der Waals surface area contributed by atoms with Crippen LogP contribution in [0.25, 0.3) is 37.6 Å². The fourth-order valence-electron chi connectivity index (χ4n) is 11.1. The van der Waals surface area contributed by atoms with Crippen molar-refractivity contribution in [3.05, 3.63) is 81.9 Å². The lowest BCUT2D eigenvalue weighted by molar-refractivity contribution is 0.333. The lowest BCUT2D eigenvalue weighted by Gasteiger charge is -2.44. The summed E-state index contributed by atoms with van der Waals surface area (Å²) in [6.07, 6.45) is 4.80. The van der Waals surface area contributed by atoms with Gasteiger partial charge in [0.15, 0.2) is 0 Å². The van der Waals surface area contributed by atoms with Gasteiger partial charge in [0.1, 0.15) is 11.5 Å². The molecular formula is C50H58BNOS. The number of thiophene rings is 1. The number of hydrogen-bond donors (Lipinski definition) is 0. The summed E-state index contributed by atoms with van der Waals surface area (Å²) in [5.74, 6) is 2.11. The molecule has 4 heteroatoms. The molecule has 0 bridgehead atoms. The van der Waals surface area contributed by atoms with E-state index in [-0.39, 0.29) is 39.2 Å². The van der Waals surface area contributed by atoms with E-state index in [1.807, 2.05) is 11.3 Å². The minimum atomic E-state index is -0.0455. The molecule has 4 aromatic carbocycles. The van der Waals surface area contributed by atoms with E-state index in [4.69, 9.17) is 4.74 Å². The highest BCUT2D eigenvalue weighted by Crippen LogP contribution is 2.56. The molecule has 2 aliphatic carbocycles. The van der Waals surface area contributed by atoms with E-state index < -0.39 is 0 Å². The molecule has 2 nitrogen and oxygen atoms in total. The quantitative estimate of drug-likeness (QED) is 0.142. The average molecular weight is 732 g/mol. The zero-order chi connectivity index (χ0) is 38.4. The molecule has 0 saturated heterocycles. The molecule has 0 amide bonds. The number of aromatic nitrogens is 1. The second-order valence-electron chi connectivity index (χ2n) is 22.3. The summed E-state index contributed by atoms with van der Waals surface area (Å²) in [6.45, 7) is 34.2.